The van der Waals surface area contributed by atoms with Gasteiger partial charge in [0.25, 0.3) is 0 Å². The summed E-state index contributed by atoms with van der Waals surface area (Å²) in [6.45, 7) is 7.42. The van der Waals surface area contributed by atoms with E-state index in [0.29, 0.717) is 0 Å². The zero-order valence-corrected chi connectivity index (χ0v) is 12.3. The molecule has 0 fully saturated rings. The molecular weight excluding hydrogens is 234 g/mol. The lowest BCUT2D eigenvalue weighted by atomic mass is 10.1. The maximum Gasteiger partial charge on any atom is 0.120 e. The molecule has 1 aromatic carbocycles. The second-order valence-corrected chi connectivity index (χ2v) is 6.27. The molecule has 19 heavy (non-hydrogen) atoms. The van der Waals surface area contributed by atoms with E-state index in [1.165, 1.54) is 18.4 Å². The molecule has 0 aliphatic heterocycles. The smallest absolute Gasteiger partial charge is 0.120 e. The molecule has 2 rings (SSSR count). The zero-order valence-electron chi connectivity index (χ0n) is 12.3. The molecule has 0 amide bonds. The molecule has 0 bridgehead atoms. The van der Waals surface area contributed by atoms with E-state index in [1.807, 2.05) is 6.07 Å². The maximum atomic E-state index is 6.01. The monoisotopic (exact) mass is 259 g/mol. The van der Waals surface area contributed by atoms with Crippen LogP contribution < -0.4 is 10.1 Å². The van der Waals surface area contributed by atoms with Crippen molar-refractivity contribution in [2.45, 2.75) is 58.2 Å². The van der Waals surface area contributed by atoms with Gasteiger partial charge in [-0.25, -0.2) is 0 Å². The number of rotatable bonds is 4. The fraction of sp³-hybridized carbons (Fsp3) is 0.529. The Morgan fingerprint density at radius 1 is 1.32 bits per heavy atom. The predicted molar refractivity (Wildman–Crippen MR) is 80.4 cm³/mol. The number of ether oxygens (including phenoxy) is 1. The van der Waals surface area contributed by atoms with Crippen molar-refractivity contribution in [3.63, 3.8) is 0 Å². The Kier molecular flexibility index (Phi) is 4.65. The van der Waals surface area contributed by atoms with E-state index < -0.39 is 0 Å². The highest BCUT2D eigenvalue weighted by Gasteiger charge is 2.11. The van der Waals surface area contributed by atoms with Crippen molar-refractivity contribution in [3.05, 3.63) is 42.0 Å². The van der Waals surface area contributed by atoms with Gasteiger partial charge in [-0.1, -0.05) is 18.2 Å². The number of benzene rings is 1. The maximum absolute atomic E-state index is 6.01. The Hall–Kier alpha value is -1.28. The highest BCUT2D eigenvalue weighted by Crippen LogP contribution is 2.20. The summed E-state index contributed by atoms with van der Waals surface area (Å²) in [6, 6.07) is 8.40. The molecule has 1 aromatic rings. The van der Waals surface area contributed by atoms with Crippen LogP contribution in [0.2, 0.25) is 0 Å². The van der Waals surface area contributed by atoms with Gasteiger partial charge in [-0.2, -0.15) is 0 Å². The summed E-state index contributed by atoms with van der Waals surface area (Å²) >= 11 is 0. The highest BCUT2D eigenvalue weighted by molar-refractivity contribution is 5.29. The van der Waals surface area contributed by atoms with Crippen LogP contribution in [0.15, 0.2) is 36.4 Å². The van der Waals surface area contributed by atoms with E-state index in [-0.39, 0.29) is 11.6 Å². The van der Waals surface area contributed by atoms with Gasteiger partial charge in [0.1, 0.15) is 11.9 Å². The van der Waals surface area contributed by atoms with Crippen molar-refractivity contribution in [2.24, 2.45) is 0 Å². The van der Waals surface area contributed by atoms with Crippen LogP contribution in [-0.2, 0) is 6.54 Å². The second kappa shape index (κ2) is 6.25. The summed E-state index contributed by atoms with van der Waals surface area (Å²) < 4.78 is 6.01. The SMILES string of the molecule is CC(C)(C)NCc1cccc(OC2C=CCCC2)c1. The highest BCUT2D eigenvalue weighted by atomic mass is 16.5. The molecule has 2 heteroatoms. The van der Waals surface area contributed by atoms with Gasteiger partial charge in [0.2, 0.25) is 0 Å². The topological polar surface area (TPSA) is 21.3 Å². The van der Waals surface area contributed by atoms with Gasteiger partial charge in [-0.05, 0) is 63.8 Å². The van der Waals surface area contributed by atoms with Gasteiger partial charge in [0, 0.05) is 12.1 Å². The Labute approximate surface area is 116 Å². The van der Waals surface area contributed by atoms with E-state index in [1.54, 1.807) is 0 Å². The molecule has 0 saturated carbocycles. The minimum atomic E-state index is 0.142. The Balaban J connectivity index is 1.94. The lowest BCUT2D eigenvalue weighted by Crippen LogP contribution is -2.35. The summed E-state index contributed by atoms with van der Waals surface area (Å²) in [5.74, 6) is 0.977. The van der Waals surface area contributed by atoms with Crippen LogP contribution >= 0.6 is 0 Å². The van der Waals surface area contributed by atoms with Crippen LogP contribution in [0.5, 0.6) is 5.75 Å². The first kappa shape index (κ1) is 14.1. The Morgan fingerprint density at radius 3 is 2.84 bits per heavy atom. The van der Waals surface area contributed by atoms with Crippen molar-refractivity contribution >= 4 is 0 Å². The molecular formula is C17H25NO. The van der Waals surface area contributed by atoms with Crippen LogP contribution in [0.25, 0.3) is 0 Å². The molecule has 0 saturated heterocycles. The van der Waals surface area contributed by atoms with Gasteiger partial charge in [-0.3, -0.25) is 0 Å². The second-order valence-electron chi connectivity index (χ2n) is 6.27. The summed E-state index contributed by atoms with van der Waals surface area (Å²) in [4.78, 5) is 0. The Bertz CT molecular complexity index is 431. The van der Waals surface area contributed by atoms with Crippen LogP contribution in [0.1, 0.15) is 45.6 Å². The van der Waals surface area contributed by atoms with Gasteiger partial charge >= 0.3 is 0 Å². The van der Waals surface area contributed by atoms with E-state index in [9.17, 15) is 0 Å². The molecule has 0 spiro atoms. The molecule has 104 valence electrons. The van der Waals surface area contributed by atoms with Crippen molar-refractivity contribution in [1.82, 2.24) is 5.32 Å². The Morgan fingerprint density at radius 2 is 2.16 bits per heavy atom. The number of nitrogens with one attached hydrogen (secondary N) is 1. The lowest BCUT2D eigenvalue weighted by Gasteiger charge is -2.21. The summed E-state index contributed by atoms with van der Waals surface area (Å²) in [5.41, 5.74) is 1.41. The summed E-state index contributed by atoms with van der Waals surface area (Å²) in [6.07, 6.45) is 8.20. The van der Waals surface area contributed by atoms with Crippen LogP contribution in [0.3, 0.4) is 0 Å². The lowest BCUT2D eigenvalue weighted by molar-refractivity contribution is 0.229. The molecule has 1 unspecified atom stereocenters. The van der Waals surface area contributed by atoms with Crippen molar-refractivity contribution < 1.29 is 4.74 Å². The fourth-order valence-corrected chi connectivity index (χ4v) is 2.15. The van der Waals surface area contributed by atoms with Crippen LogP contribution in [0, 0.1) is 0 Å². The van der Waals surface area contributed by atoms with Gasteiger partial charge < -0.3 is 10.1 Å². The largest absolute Gasteiger partial charge is 0.486 e. The molecule has 1 aliphatic carbocycles. The first-order chi connectivity index (χ1) is 9.03. The van der Waals surface area contributed by atoms with Gasteiger partial charge in [-0.15, -0.1) is 0 Å². The van der Waals surface area contributed by atoms with E-state index in [2.05, 4.69) is 56.4 Å². The normalized spacial score (nSPS) is 19.4. The third kappa shape index (κ3) is 5.07. The number of allylic oxidation sites excluding steroid dienone is 1. The van der Waals surface area contributed by atoms with Crippen molar-refractivity contribution in [2.75, 3.05) is 0 Å². The van der Waals surface area contributed by atoms with E-state index in [4.69, 9.17) is 4.74 Å². The molecule has 1 N–H and O–H groups in total. The molecule has 0 radical (unpaired) electrons. The number of hydrogen-bond acceptors (Lipinski definition) is 2. The van der Waals surface area contributed by atoms with Gasteiger partial charge in [0.15, 0.2) is 0 Å². The molecule has 2 nitrogen and oxygen atoms in total. The third-order valence-electron chi connectivity index (χ3n) is 3.22. The molecule has 0 aromatic heterocycles. The quantitative estimate of drug-likeness (QED) is 0.823. The van der Waals surface area contributed by atoms with E-state index >= 15 is 0 Å². The molecule has 1 atom stereocenters. The first-order valence-corrected chi connectivity index (χ1v) is 7.20. The van der Waals surface area contributed by atoms with Gasteiger partial charge in [0.05, 0.1) is 0 Å². The fourth-order valence-electron chi connectivity index (χ4n) is 2.15. The minimum Gasteiger partial charge on any atom is -0.486 e. The predicted octanol–water partition coefficient (Wildman–Crippen LogP) is 4.06. The van der Waals surface area contributed by atoms with Crippen LogP contribution in [-0.4, -0.2) is 11.6 Å². The summed E-state index contributed by atoms with van der Waals surface area (Å²) in [5, 5.41) is 3.50. The minimum absolute atomic E-state index is 0.142. The van der Waals surface area contributed by atoms with E-state index in [0.717, 1.165) is 18.7 Å². The van der Waals surface area contributed by atoms with Crippen LogP contribution in [0.4, 0.5) is 0 Å². The first-order valence-electron chi connectivity index (χ1n) is 7.20. The summed E-state index contributed by atoms with van der Waals surface area (Å²) in [7, 11) is 0. The average molecular weight is 259 g/mol. The zero-order chi connectivity index (χ0) is 13.7. The molecule has 0 heterocycles. The average Bonchev–Trinajstić information content (AvgIpc) is 2.37. The molecule has 1 aliphatic rings. The number of hydrogen-bond donors (Lipinski definition) is 1. The van der Waals surface area contributed by atoms with Crippen molar-refractivity contribution in [3.8, 4) is 5.75 Å². The van der Waals surface area contributed by atoms with Crippen molar-refractivity contribution in [1.29, 1.82) is 0 Å². The third-order valence-corrected chi connectivity index (χ3v) is 3.22. The standard InChI is InChI=1S/C17H25NO/c1-17(2,3)18-13-14-8-7-11-16(12-14)19-15-9-5-4-6-10-15/h5,7-9,11-12,15,18H,4,6,10,13H2,1-3H3.